The smallest absolute Gasteiger partial charge is 0.507 e. The molecule has 0 aliphatic heterocycles. The minimum atomic E-state index is 0. The van der Waals surface area contributed by atoms with Crippen molar-refractivity contribution in [1.82, 2.24) is 0 Å². The quantitative estimate of drug-likeness (QED) is 0.337. The van der Waals surface area contributed by atoms with Gasteiger partial charge in [0.15, 0.2) is 0 Å². The molecule has 2 aliphatic rings. The molecule has 0 saturated heterocycles. The molecule has 0 saturated carbocycles. The van der Waals surface area contributed by atoms with Crippen molar-refractivity contribution in [3.05, 3.63) is 97.1 Å². The van der Waals surface area contributed by atoms with Gasteiger partial charge in [0.25, 0.3) is 0 Å². The van der Waals surface area contributed by atoms with Gasteiger partial charge in [0, 0.05) is 24.1 Å². The van der Waals surface area contributed by atoms with Gasteiger partial charge in [0.05, 0.1) is 24.0 Å². The molecule has 31 heavy (non-hydrogen) atoms. The molecule has 0 spiro atoms. The molecule has 0 fully saturated rings. The Bertz CT molecular complexity index is 746. The van der Waals surface area contributed by atoms with E-state index in [2.05, 4.69) is 24.3 Å². The van der Waals surface area contributed by atoms with Crippen molar-refractivity contribution in [2.75, 3.05) is 14.2 Å². The van der Waals surface area contributed by atoms with Crippen LogP contribution in [0.4, 0.5) is 0 Å². The summed E-state index contributed by atoms with van der Waals surface area (Å²) in [6.45, 7) is 0. The first-order valence-electron chi connectivity index (χ1n) is 9.09. The van der Waals surface area contributed by atoms with Crippen molar-refractivity contribution >= 4 is 24.1 Å². The fourth-order valence-electron chi connectivity index (χ4n) is 1.92. The van der Waals surface area contributed by atoms with Gasteiger partial charge in [0.1, 0.15) is 11.5 Å². The van der Waals surface area contributed by atoms with Crippen LogP contribution in [0.5, 0.6) is 11.5 Å². The minimum absolute atomic E-state index is 0. The third-order valence-electron chi connectivity index (χ3n) is 3.25. The fraction of sp³-hybridized carbons (Fsp3) is 0.167. The van der Waals surface area contributed by atoms with Gasteiger partial charge in [-0.05, 0) is 24.3 Å². The van der Waals surface area contributed by atoms with Gasteiger partial charge in [-0.25, -0.2) is 24.3 Å². The van der Waals surface area contributed by atoms with Gasteiger partial charge in [-0.2, -0.15) is 12.2 Å². The summed E-state index contributed by atoms with van der Waals surface area (Å²) in [5, 5.41) is 18.3. The maximum atomic E-state index is 9.14. The molecule has 0 bridgehead atoms. The van der Waals surface area contributed by atoms with Gasteiger partial charge in [0.2, 0.25) is 0 Å². The van der Waals surface area contributed by atoms with Crippen LogP contribution >= 0.6 is 24.1 Å². The van der Waals surface area contributed by atoms with Gasteiger partial charge in [-0.15, -0.1) is 12.8 Å². The van der Waals surface area contributed by atoms with Crippen LogP contribution in [0.25, 0.3) is 0 Å². The Balaban J connectivity index is 0.000000401. The molecule has 0 radical (unpaired) electrons. The average molecular weight is 534 g/mol. The summed E-state index contributed by atoms with van der Waals surface area (Å²) in [6, 6.07) is 14.1. The first-order valence-corrected chi connectivity index (χ1v) is 10.6. The van der Waals surface area contributed by atoms with Crippen molar-refractivity contribution in [3.63, 3.8) is 0 Å². The van der Waals surface area contributed by atoms with Crippen molar-refractivity contribution in [2.24, 2.45) is 0 Å². The van der Waals surface area contributed by atoms with Crippen LogP contribution in [0.2, 0.25) is 0 Å². The molecule has 2 aliphatic carbocycles. The molecule has 4 rings (SSSR count). The number of para-hydroxylation sites is 2. The molecule has 0 atom stereocenters. The number of allylic oxidation sites excluding steroid dienone is 8. The number of rotatable bonds is 4. The Morgan fingerprint density at radius 3 is 1.32 bits per heavy atom. The van der Waals surface area contributed by atoms with E-state index in [0.29, 0.717) is 0 Å². The van der Waals surface area contributed by atoms with Crippen molar-refractivity contribution in [2.45, 2.75) is 22.6 Å². The first kappa shape index (κ1) is 29.5. The van der Waals surface area contributed by atoms with E-state index in [-0.39, 0.29) is 37.7 Å². The summed E-state index contributed by atoms with van der Waals surface area (Å²) in [5.74, 6) is 0.517. The molecular formula is C24H26O4S2Zr. The molecule has 4 nitrogen and oxygen atoms in total. The van der Waals surface area contributed by atoms with E-state index in [1.54, 1.807) is 50.6 Å². The predicted octanol–water partition coefficient (Wildman–Crippen LogP) is 6.70. The average Bonchev–Trinajstić information content (AvgIpc) is 3.52. The van der Waals surface area contributed by atoms with E-state index < -0.39 is 0 Å². The zero-order valence-corrected chi connectivity index (χ0v) is 21.6. The summed E-state index contributed by atoms with van der Waals surface area (Å²) in [6.07, 6.45) is 20.0. The third-order valence-corrected chi connectivity index (χ3v) is 4.63. The second-order valence-electron chi connectivity index (χ2n) is 5.44. The Hall–Kier alpha value is -1.50. The number of benzene rings is 2. The standard InChI is InChI=1S/2C7H8O2S.2C5H5.Zr/c2*1-9-10-7-5-3-2-4-6(7)8;2*1-2-4-5-3-1;/h2*2-5,8H,1H3;2*1-3H,4H2;/q;;2*-1;+2. The van der Waals surface area contributed by atoms with Gasteiger partial charge in [-0.1, -0.05) is 24.3 Å². The Morgan fingerprint density at radius 2 is 1.10 bits per heavy atom. The zero-order chi connectivity index (χ0) is 21.9. The monoisotopic (exact) mass is 532 g/mol. The molecule has 0 aromatic heterocycles. The summed E-state index contributed by atoms with van der Waals surface area (Å²) in [5.41, 5.74) is 0. The zero-order valence-electron chi connectivity index (χ0n) is 17.5. The number of aromatic hydroxyl groups is 2. The van der Waals surface area contributed by atoms with E-state index >= 15 is 0 Å². The number of hydrogen-bond donors (Lipinski definition) is 2. The topological polar surface area (TPSA) is 58.9 Å². The van der Waals surface area contributed by atoms with Crippen LogP contribution in [0.15, 0.2) is 94.8 Å². The molecule has 7 heteroatoms. The SMILES string of the molecule is COSc1ccccc1O.COSc1ccccc1O.[C-]1=CC=CC1.[C-]1=CC=CC1.[Zr+2]. The van der Waals surface area contributed by atoms with Crippen LogP contribution in [0.3, 0.4) is 0 Å². The molecule has 0 amide bonds. The third kappa shape index (κ3) is 15.0. The van der Waals surface area contributed by atoms with E-state index in [0.717, 1.165) is 46.7 Å². The van der Waals surface area contributed by atoms with Gasteiger partial charge in [-0.3, -0.25) is 12.2 Å². The van der Waals surface area contributed by atoms with E-state index in [4.69, 9.17) is 18.6 Å². The van der Waals surface area contributed by atoms with Crippen LogP contribution < -0.4 is 0 Å². The summed E-state index contributed by atoms with van der Waals surface area (Å²) in [7, 11) is 3.13. The maximum Gasteiger partial charge on any atom is 2.00 e. The minimum Gasteiger partial charge on any atom is -0.507 e. The van der Waals surface area contributed by atoms with Crippen LogP contribution in [0, 0.1) is 12.2 Å². The normalized spacial score (nSPS) is 11.9. The van der Waals surface area contributed by atoms with Crippen molar-refractivity contribution in [3.8, 4) is 11.5 Å². The van der Waals surface area contributed by atoms with Crippen LogP contribution in [0.1, 0.15) is 12.8 Å². The molecule has 0 heterocycles. The molecule has 2 aromatic carbocycles. The van der Waals surface area contributed by atoms with Crippen LogP contribution in [-0.2, 0) is 34.6 Å². The second-order valence-corrected chi connectivity index (χ2v) is 7.32. The molecular weight excluding hydrogens is 508 g/mol. The van der Waals surface area contributed by atoms with Crippen molar-refractivity contribution in [1.29, 1.82) is 0 Å². The first-order chi connectivity index (χ1) is 14.7. The van der Waals surface area contributed by atoms with Gasteiger partial charge >= 0.3 is 26.2 Å². The number of phenols is 2. The Morgan fingerprint density at radius 1 is 0.710 bits per heavy atom. The Labute approximate surface area is 213 Å². The molecule has 2 N–H and O–H groups in total. The summed E-state index contributed by atoms with van der Waals surface area (Å²) >= 11 is 2.30. The second kappa shape index (κ2) is 20.4. The van der Waals surface area contributed by atoms with Crippen LogP contribution in [-0.4, -0.2) is 24.4 Å². The van der Waals surface area contributed by atoms with Gasteiger partial charge < -0.3 is 18.6 Å². The fourth-order valence-corrected chi connectivity index (χ4v) is 2.85. The molecule has 162 valence electrons. The maximum absolute atomic E-state index is 9.14. The van der Waals surface area contributed by atoms with E-state index in [9.17, 15) is 0 Å². The molecule has 0 unspecified atom stereocenters. The largest absolute Gasteiger partial charge is 2.00 e. The summed E-state index contributed by atoms with van der Waals surface area (Å²) < 4.78 is 9.53. The predicted molar refractivity (Wildman–Crippen MR) is 125 cm³/mol. The summed E-state index contributed by atoms with van der Waals surface area (Å²) in [4.78, 5) is 1.48. The molecule has 2 aromatic rings. The van der Waals surface area contributed by atoms with E-state index in [1.807, 2.05) is 36.4 Å². The van der Waals surface area contributed by atoms with Crippen molar-refractivity contribution < 1.29 is 44.8 Å². The number of hydrogen-bond acceptors (Lipinski definition) is 6. The number of phenolic OH excluding ortho intramolecular Hbond substituents is 2. The van der Waals surface area contributed by atoms with E-state index in [1.165, 1.54) is 0 Å². The Kier molecular flexibility index (Phi) is 19.4.